The van der Waals surface area contributed by atoms with Gasteiger partial charge in [0.15, 0.2) is 0 Å². The number of carbonyl (C=O) groups excluding carboxylic acids is 2. The lowest BCUT2D eigenvalue weighted by Gasteiger charge is -2.24. The topological polar surface area (TPSA) is 60.4 Å². The van der Waals surface area contributed by atoms with Gasteiger partial charge in [0.05, 0.1) is 5.75 Å². The highest BCUT2D eigenvalue weighted by molar-refractivity contribution is 8.00. The van der Waals surface area contributed by atoms with E-state index >= 15 is 0 Å². The molecule has 0 unspecified atom stereocenters. The summed E-state index contributed by atoms with van der Waals surface area (Å²) in [5.74, 6) is -0.722. The molecule has 1 fully saturated rings. The van der Waals surface area contributed by atoms with Gasteiger partial charge in [-0.15, -0.1) is 11.8 Å². The van der Waals surface area contributed by atoms with Crippen molar-refractivity contribution in [2.75, 3.05) is 12.3 Å². The van der Waals surface area contributed by atoms with Crippen molar-refractivity contribution in [3.05, 3.63) is 35.4 Å². The van der Waals surface area contributed by atoms with Crippen LogP contribution in [0.4, 0.5) is 0 Å². The van der Waals surface area contributed by atoms with Crippen LogP contribution in [0.3, 0.4) is 0 Å². The highest BCUT2D eigenvalue weighted by atomic mass is 32.2. The summed E-state index contributed by atoms with van der Waals surface area (Å²) in [6.45, 7) is 2.22. The molecule has 1 aliphatic heterocycles. The summed E-state index contributed by atoms with van der Waals surface area (Å²) in [6.07, 6.45) is -0.116. The summed E-state index contributed by atoms with van der Waals surface area (Å²) in [5, 5.41) is 10.4. The molecule has 4 nitrogen and oxygen atoms in total. The maximum atomic E-state index is 11.7. The summed E-state index contributed by atoms with van der Waals surface area (Å²) in [4.78, 5) is 23.8. The molecule has 1 aromatic carbocycles. The Morgan fingerprint density at radius 3 is 2.72 bits per heavy atom. The van der Waals surface area contributed by atoms with Crippen molar-refractivity contribution in [2.24, 2.45) is 0 Å². The van der Waals surface area contributed by atoms with Crippen molar-refractivity contribution in [3.8, 4) is 0 Å². The van der Waals surface area contributed by atoms with Gasteiger partial charge in [-0.2, -0.15) is 0 Å². The van der Waals surface area contributed by atoms with E-state index in [1.807, 2.05) is 31.2 Å². The van der Waals surface area contributed by atoms with Gasteiger partial charge in [0, 0.05) is 18.9 Å². The van der Waals surface area contributed by atoms with E-state index in [1.54, 1.807) is 4.90 Å². The van der Waals surface area contributed by atoms with E-state index in [2.05, 4.69) is 0 Å². The van der Waals surface area contributed by atoms with Gasteiger partial charge in [0.1, 0.15) is 5.37 Å². The van der Waals surface area contributed by atoms with E-state index in [9.17, 15) is 14.7 Å². The molecule has 1 heterocycles. The SMILES string of the molecule is Cc1ccc([C@H]2SCC(=O)N2CCC(=O)[O-])cc1. The monoisotopic (exact) mass is 264 g/mol. The molecule has 5 heteroatoms. The number of carboxylic acids is 1. The lowest BCUT2D eigenvalue weighted by Crippen LogP contribution is -2.33. The van der Waals surface area contributed by atoms with Crippen molar-refractivity contribution in [3.63, 3.8) is 0 Å². The molecule has 2 rings (SSSR count). The van der Waals surface area contributed by atoms with E-state index in [0.717, 1.165) is 11.1 Å². The zero-order valence-electron chi connectivity index (χ0n) is 10.1. The number of aliphatic carboxylic acids is 1. The minimum Gasteiger partial charge on any atom is -0.550 e. The fourth-order valence-electron chi connectivity index (χ4n) is 1.91. The molecular formula is C13H14NO3S-. The first-order valence-corrected chi connectivity index (χ1v) is 6.80. The Morgan fingerprint density at radius 2 is 2.11 bits per heavy atom. The fourth-order valence-corrected chi connectivity index (χ4v) is 3.13. The standard InChI is InChI=1S/C13H15NO3S/c1-9-2-4-10(5-3-9)13-14(7-6-12(16)17)11(15)8-18-13/h2-5,13H,6-8H2,1H3,(H,16,17)/p-1/t13-/m1/s1. The predicted molar refractivity (Wildman–Crippen MR) is 67.7 cm³/mol. The third kappa shape index (κ3) is 2.85. The maximum absolute atomic E-state index is 11.7. The van der Waals surface area contributed by atoms with E-state index < -0.39 is 5.97 Å². The van der Waals surface area contributed by atoms with Crippen molar-refractivity contribution in [1.29, 1.82) is 0 Å². The van der Waals surface area contributed by atoms with Crippen LogP contribution in [0.15, 0.2) is 24.3 Å². The molecule has 1 aromatic rings. The molecule has 1 saturated heterocycles. The fraction of sp³-hybridized carbons (Fsp3) is 0.385. The van der Waals surface area contributed by atoms with Gasteiger partial charge in [0.25, 0.3) is 0 Å². The zero-order valence-corrected chi connectivity index (χ0v) is 10.9. The molecule has 96 valence electrons. The number of thioether (sulfide) groups is 1. The normalized spacial score (nSPS) is 19.3. The van der Waals surface area contributed by atoms with Crippen LogP contribution in [-0.4, -0.2) is 29.1 Å². The second kappa shape index (κ2) is 5.44. The van der Waals surface area contributed by atoms with Crippen molar-refractivity contribution >= 4 is 23.6 Å². The van der Waals surface area contributed by atoms with E-state index in [0.29, 0.717) is 5.75 Å². The first-order valence-electron chi connectivity index (χ1n) is 5.75. The van der Waals surface area contributed by atoms with E-state index in [-0.39, 0.29) is 24.2 Å². The first kappa shape index (κ1) is 13.0. The zero-order chi connectivity index (χ0) is 13.1. The molecule has 0 spiro atoms. The van der Waals surface area contributed by atoms with Crippen LogP contribution < -0.4 is 5.11 Å². The second-order valence-corrected chi connectivity index (χ2v) is 5.35. The molecule has 18 heavy (non-hydrogen) atoms. The number of hydrogen-bond donors (Lipinski definition) is 0. The highest BCUT2D eigenvalue weighted by Gasteiger charge is 2.32. The van der Waals surface area contributed by atoms with Crippen LogP contribution in [0, 0.1) is 6.92 Å². The van der Waals surface area contributed by atoms with Crippen molar-refractivity contribution in [2.45, 2.75) is 18.7 Å². The number of nitrogens with zero attached hydrogens (tertiary/aromatic N) is 1. The molecule has 1 aliphatic rings. The summed E-state index contributed by atoms with van der Waals surface area (Å²) in [7, 11) is 0. The number of carboxylic acid groups (broad SMARTS) is 1. The van der Waals surface area contributed by atoms with Gasteiger partial charge in [-0.05, 0) is 12.5 Å². The number of carbonyl (C=O) groups is 2. The van der Waals surface area contributed by atoms with Crippen molar-refractivity contribution in [1.82, 2.24) is 4.90 Å². The number of rotatable bonds is 4. The van der Waals surface area contributed by atoms with Gasteiger partial charge < -0.3 is 14.8 Å². The van der Waals surface area contributed by atoms with Gasteiger partial charge in [-0.25, -0.2) is 0 Å². The lowest BCUT2D eigenvalue weighted by atomic mass is 10.1. The van der Waals surface area contributed by atoms with Gasteiger partial charge in [0.2, 0.25) is 5.91 Å². The van der Waals surface area contributed by atoms with Crippen LogP contribution >= 0.6 is 11.8 Å². The molecule has 0 aromatic heterocycles. The van der Waals surface area contributed by atoms with E-state index in [1.165, 1.54) is 11.8 Å². The largest absolute Gasteiger partial charge is 0.550 e. The first-order chi connectivity index (χ1) is 8.58. The molecule has 1 amide bonds. The minimum absolute atomic E-state index is 0.00757. The predicted octanol–water partition coefficient (Wildman–Crippen LogP) is 0.709. The Kier molecular flexibility index (Phi) is 3.91. The molecule has 0 N–H and O–H groups in total. The third-order valence-corrected chi connectivity index (χ3v) is 4.14. The Bertz CT molecular complexity index is 458. The van der Waals surface area contributed by atoms with Crippen LogP contribution in [0.5, 0.6) is 0 Å². The molecule has 0 radical (unpaired) electrons. The summed E-state index contributed by atoms with van der Waals surface area (Å²) in [5.41, 5.74) is 2.20. The molecule has 0 saturated carbocycles. The molecule has 0 aliphatic carbocycles. The molecule has 0 bridgehead atoms. The van der Waals surface area contributed by atoms with Crippen LogP contribution in [0.2, 0.25) is 0 Å². The molecular weight excluding hydrogens is 250 g/mol. The lowest BCUT2D eigenvalue weighted by molar-refractivity contribution is -0.305. The van der Waals surface area contributed by atoms with Gasteiger partial charge in [-0.3, -0.25) is 4.79 Å². The summed E-state index contributed by atoms with van der Waals surface area (Å²) in [6, 6.07) is 7.96. The van der Waals surface area contributed by atoms with Crippen LogP contribution in [-0.2, 0) is 9.59 Å². The van der Waals surface area contributed by atoms with Crippen LogP contribution in [0.25, 0.3) is 0 Å². The Balaban J connectivity index is 2.13. The van der Waals surface area contributed by atoms with Gasteiger partial charge >= 0.3 is 0 Å². The Labute approximate surface area is 110 Å². The second-order valence-electron chi connectivity index (χ2n) is 4.28. The smallest absolute Gasteiger partial charge is 0.233 e. The Morgan fingerprint density at radius 1 is 1.44 bits per heavy atom. The number of amides is 1. The summed E-state index contributed by atoms with van der Waals surface area (Å²) >= 11 is 1.53. The highest BCUT2D eigenvalue weighted by Crippen LogP contribution is 2.38. The average Bonchev–Trinajstić information content (AvgIpc) is 2.69. The Hall–Kier alpha value is -1.49. The summed E-state index contributed by atoms with van der Waals surface area (Å²) < 4.78 is 0. The third-order valence-electron chi connectivity index (χ3n) is 2.89. The number of hydrogen-bond acceptors (Lipinski definition) is 4. The molecule has 1 atom stereocenters. The maximum Gasteiger partial charge on any atom is 0.233 e. The van der Waals surface area contributed by atoms with Gasteiger partial charge in [-0.1, -0.05) is 29.8 Å². The number of aryl methyl sites for hydroxylation is 1. The quantitative estimate of drug-likeness (QED) is 0.803. The number of benzene rings is 1. The average molecular weight is 264 g/mol. The minimum atomic E-state index is -1.12. The van der Waals surface area contributed by atoms with Crippen LogP contribution in [0.1, 0.15) is 22.9 Å². The van der Waals surface area contributed by atoms with Crippen molar-refractivity contribution < 1.29 is 14.7 Å². The van der Waals surface area contributed by atoms with E-state index in [4.69, 9.17) is 0 Å².